The van der Waals surface area contributed by atoms with Gasteiger partial charge in [0.05, 0.1) is 39.0 Å². The molecular weight excluding hydrogens is 1490 g/mol. The largest absolute Gasteiger partial charge is 2.00 e. The second-order valence-electron chi connectivity index (χ2n) is 15.4. The molecule has 0 saturated heterocycles. The number of nitrogens with two attached hydrogens (primary N) is 4. The average Bonchev–Trinajstić information content (AvgIpc) is 3.32. The van der Waals surface area contributed by atoms with Crippen molar-refractivity contribution >= 4 is 147 Å². The van der Waals surface area contributed by atoms with Crippen LogP contribution in [-0.4, -0.2) is 228 Å². The predicted molar refractivity (Wildman–Crippen MR) is 292 cm³/mol. The number of amides is 8. The number of nitrogens with one attached hydrogen (secondary N) is 8. The Kier molecular flexibility index (Phi) is 59.5. The van der Waals surface area contributed by atoms with Crippen LogP contribution in [0.3, 0.4) is 0 Å². The van der Waals surface area contributed by atoms with E-state index in [1.54, 1.807) is 9.80 Å². The fourth-order valence-corrected chi connectivity index (χ4v) is 7.16. The molecule has 4 atom stereocenters. The van der Waals surface area contributed by atoms with Crippen LogP contribution in [0.2, 0.25) is 0 Å². The van der Waals surface area contributed by atoms with Gasteiger partial charge in [0.25, 0.3) is 0 Å². The van der Waals surface area contributed by atoms with E-state index in [-0.39, 0.29) is 127 Å². The summed E-state index contributed by atoms with van der Waals surface area (Å²) in [5.74, 6) is -5.93. The van der Waals surface area contributed by atoms with Gasteiger partial charge in [0.15, 0.2) is 11.9 Å². The van der Waals surface area contributed by atoms with Crippen LogP contribution >= 0.6 is 0 Å². The van der Waals surface area contributed by atoms with Crippen molar-refractivity contribution in [2.75, 3.05) is 113 Å². The summed E-state index contributed by atoms with van der Waals surface area (Å²) < 4.78 is 0. The number of aliphatic imine (C=N–C) groups is 2. The van der Waals surface area contributed by atoms with Gasteiger partial charge in [0.2, 0.25) is 47.3 Å². The number of carbonyl (C=O) groups excluding carboxylic acids is 8. The Hall–Kier alpha value is -3.50. The molecule has 454 valence electrons. The van der Waals surface area contributed by atoms with Gasteiger partial charge in [-0.2, -0.15) is 34.5 Å². The number of aliphatic carboxylic acids is 2. The third-order valence-corrected chi connectivity index (χ3v) is 10.4. The first-order chi connectivity index (χ1) is 35.1. The van der Waals surface area contributed by atoms with Gasteiger partial charge in [-0.05, 0) is 65.0 Å². The maximum Gasteiger partial charge on any atom is 0.305 e. The molecule has 0 aromatic rings. The van der Waals surface area contributed by atoms with E-state index in [1.807, 2.05) is 0 Å². The van der Waals surface area contributed by atoms with Gasteiger partial charge >= 0.3 is 11.9 Å². The molecule has 0 heterocycles. The fraction of sp³-hybridized carbons (Fsp3) is 0.700. The first kappa shape index (κ1) is 85.8. The quantitative estimate of drug-likeness (QED) is 0.0117. The van der Waals surface area contributed by atoms with Gasteiger partial charge < -0.3 is 162 Å². The SMILES string of the molecule is NC(N)=NCCC[C@H](NC(=O)CN(CC[S-])CC[S-])C(=O)NCC(=O)N[C@@H](CC(=O)O)C(=O)NCC[S-].NC(N)=NCCC[C@H](NC(=O)CN(CC[S-])CC[S-])C(=O)NCC(=O)N[C@@H](CC(=O)O)C(=O)NCC[S-].[O-2].[O-2].[Re].[Re]. The summed E-state index contributed by atoms with van der Waals surface area (Å²) in [5, 5.41) is 37.4. The number of carboxylic acid groups (broad SMARTS) is 2. The number of carboxylic acids is 2. The van der Waals surface area contributed by atoms with E-state index < -0.39 is 109 Å². The second-order valence-corrected chi connectivity index (χ2v) is 17.8. The van der Waals surface area contributed by atoms with E-state index in [9.17, 15) is 47.9 Å². The second kappa shape index (κ2) is 54.1. The van der Waals surface area contributed by atoms with Gasteiger partial charge in [-0.15, -0.1) is 0 Å². The van der Waals surface area contributed by atoms with Crippen molar-refractivity contribution in [2.24, 2.45) is 32.9 Å². The molecule has 0 aromatic carbocycles. The van der Waals surface area contributed by atoms with E-state index >= 15 is 0 Å². The summed E-state index contributed by atoms with van der Waals surface area (Å²) in [5.41, 5.74) is 21.2. The minimum atomic E-state index is -1.35. The maximum absolute atomic E-state index is 12.8. The molecule has 38 heteroatoms. The molecule has 0 rings (SSSR count). The normalized spacial score (nSPS) is 11.6. The third-order valence-electron chi connectivity index (χ3n) is 9.27. The molecule has 0 saturated carbocycles. The molecular formula is C40H70N16O14Re2S6-10. The number of hydrogen-bond donors (Lipinski definition) is 14. The molecule has 8 amide bonds. The molecule has 0 unspecified atom stereocenters. The van der Waals surface area contributed by atoms with Crippen LogP contribution in [0.25, 0.3) is 0 Å². The fourth-order valence-electron chi connectivity index (χ4n) is 5.92. The van der Waals surface area contributed by atoms with E-state index in [0.29, 0.717) is 62.0 Å². The predicted octanol–water partition coefficient (Wildman–Crippen LogP) is -8.92. The van der Waals surface area contributed by atoms with Crippen LogP contribution in [0.4, 0.5) is 0 Å². The zero-order valence-corrected chi connectivity index (χ0v) is 52.7. The van der Waals surface area contributed by atoms with Crippen molar-refractivity contribution in [1.82, 2.24) is 52.3 Å². The first-order valence-corrected chi connectivity index (χ1v) is 26.3. The molecule has 0 aromatic heterocycles. The smallest absolute Gasteiger partial charge is 0.305 e. The van der Waals surface area contributed by atoms with Crippen molar-refractivity contribution in [1.29, 1.82) is 0 Å². The van der Waals surface area contributed by atoms with Crippen LogP contribution in [0.5, 0.6) is 0 Å². The molecule has 30 nitrogen and oxygen atoms in total. The van der Waals surface area contributed by atoms with E-state index in [1.165, 1.54) is 0 Å². The number of hydrogen-bond acceptors (Lipinski definition) is 20. The monoisotopic (exact) mass is 1560 g/mol. The van der Waals surface area contributed by atoms with Crippen molar-refractivity contribution in [3.05, 3.63) is 0 Å². The molecule has 18 N–H and O–H groups in total. The van der Waals surface area contributed by atoms with Gasteiger partial charge in [-0.3, -0.25) is 67.7 Å². The summed E-state index contributed by atoms with van der Waals surface area (Å²) in [6.45, 7) is 1.51. The summed E-state index contributed by atoms with van der Waals surface area (Å²) in [7, 11) is 0. The Labute approximate surface area is 514 Å². The van der Waals surface area contributed by atoms with Crippen LogP contribution in [-0.2, 0) is 176 Å². The molecule has 0 bridgehead atoms. The zero-order valence-electron chi connectivity index (χ0n) is 42.4. The average molecular weight is 1560 g/mol. The number of carbonyl (C=O) groups is 10. The van der Waals surface area contributed by atoms with Crippen molar-refractivity contribution < 1.29 is 110 Å². The summed E-state index contributed by atoms with van der Waals surface area (Å²) in [4.78, 5) is 133. The Morgan fingerprint density at radius 3 is 0.974 bits per heavy atom. The standard InChI is InChI=1S/2C20H38N8O6S3.2O.2Re/c2*21-20(22)24-3-1-2-13(26-16(30)12-28(5-8-36)6-9-37)18(33)25-11-15(29)27-14(10-17(31)32)19(34)23-4-7-35;;;;/h2*13-14,35-37H,1-12H2,(H,23,34)(H,25,33)(H,26,30)(H,27,29)(H,31,32)(H4,21,22,24);;;;/q;;2*-2;;/p-6/t2*13-,14-;;;;/m00..../s1. The number of guanidine groups is 2. The number of nitrogens with zero attached hydrogens (tertiary/aromatic N) is 4. The summed E-state index contributed by atoms with van der Waals surface area (Å²) >= 11 is 29.3. The molecule has 0 fully saturated rings. The summed E-state index contributed by atoms with van der Waals surface area (Å²) in [6.07, 6.45) is -0.260. The molecule has 78 heavy (non-hydrogen) atoms. The summed E-state index contributed by atoms with van der Waals surface area (Å²) in [6, 6.07) is -4.71. The first-order valence-electron chi connectivity index (χ1n) is 22.8. The van der Waals surface area contributed by atoms with E-state index in [0.717, 1.165) is 0 Å². The molecule has 0 aliphatic carbocycles. The van der Waals surface area contributed by atoms with Crippen molar-refractivity contribution in [3.8, 4) is 0 Å². The van der Waals surface area contributed by atoms with Crippen LogP contribution < -0.4 is 65.5 Å². The van der Waals surface area contributed by atoms with Crippen molar-refractivity contribution in [2.45, 2.75) is 62.7 Å². The topological polar surface area (TPSA) is 500 Å². The van der Waals surface area contributed by atoms with Crippen LogP contribution in [0.15, 0.2) is 9.98 Å². The minimum Gasteiger partial charge on any atom is -2.00 e. The Bertz CT molecular complexity index is 1700. The Morgan fingerprint density at radius 1 is 0.436 bits per heavy atom. The Balaban J connectivity index is -0.000000316. The van der Waals surface area contributed by atoms with Gasteiger partial charge in [-0.1, -0.05) is 0 Å². The van der Waals surface area contributed by atoms with Crippen molar-refractivity contribution in [3.63, 3.8) is 0 Å². The van der Waals surface area contributed by atoms with Crippen LogP contribution in [0, 0.1) is 0 Å². The third kappa shape index (κ3) is 47.3. The van der Waals surface area contributed by atoms with Gasteiger partial charge in [0, 0.05) is 53.9 Å². The molecule has 2 radical (unpaired) electrons. The van der Waals surface area contributed by atoms with E-state index in [4.69, 9.17) is 109 Å². The van der Waals surface area contributed by atoms with Crippen LogP contribution in [0.1, 0.15) is 38.5 Å². The number of rotatable bonds is 40. The molecule has 0 spiro atoms. The molecule has 0 aliphatic rings. The molecule has 0 aliphatic heterocycles. The maximum atomic E-state index is 12.8. The van der Waals surface area contributed by atoms with E-state index in [2.05, 4.69) is 52.5 Å². The Morgan fingerprint density at radius 2 is 0.718 bits per heavy atom. The van der Waals surface area contributed by atoms with Gasteiger partial charge in [-0.25, -0.2) is 0 Å². The van der Waals surface area contributed by atoms with Gasteiger partial charge in [0.1, 0.15) is 24.2 Å². The zero-order chi connectivity index (χ0) is 56.4. The minimum absolute atomic E-state index is 0.